The fourth-order valence-electron chi connectivity index (χ4n) is 1.74. The van der Waals surface area contributed by atoms with Gasteiger partial charge in [0, 0.05) is 6.42 Å². The van der Waals surface area contributed by atoms with Crippen LogP contribution < -0.4 is 11.1 Å². The van der Waals surface area contributed by atoms with Gasteiger partial charge in [0.15, 0.2) is 11.5 Å². The number of amides is 1. The highest BCUT2D eigenvalue weighted by Crippen LogP contribution is 2.23. The van der Waals surface area contributed by atoms with Crippen LogP contribution in [0.15, 0.2) is 32.3 Å². The SMILES string of the molecule is CC(C)CC(=O)Nc1nonc1C(N)=Nc1ccc(F)c(Br)c1. The number of carbonyl (C=O) groups excluding carboxylic acids is 1. The normalized spacial score (nSPS) is 11.8. The molecule has 0 saturated heterocycles. The molecule has 1 aromatic carbocycles. The van der Waals surface area contributed by atoms with Crippen LogP contribution in [0.2, 0.25) is 0 Å². The molecule has 0 aliphatic rings. The van der Waals surface area contributed by atoms with Crippen LogP contribution in [0.5, 0.6) is 0 Å². The average Bonchev–Trinajstić information content (AvgIpc) is 2.90. The number of aliphatic imine (C=N–C) groups is 1. The van der Waals surface area contributed by atoms with Gasteiger partial charge in [0.05, 0.1) is 10.2 Å². The van der Waals surface area contributed by atoms with Crippen LogP contribution in [-0.4, -0.2) is 22.1 Å². The first-order valence-electron chi connectivity index (χ1n) is 6.78. The summed E-state index contributed by atoms with van der Waals surface area (Å²) < 4.78 is 18.1. The molecular weight excluding hydrogens is 369 g/mol. The third-order valence-electron chi connectivity index (χ3n) is 2.74. The Morgan fingerprint density at radius 1 is 1.48 bits per heavy atom. The molecule has 122 valence electrons. The molecule has 7 nitrogen and oxygen atoms in total. The van der Waals surface area contributed by atoms with Gasteiger partial charge in [-0.25, -0.2) is 14.0 Å². The molecule has 3 N–H and O–H groups in total. The number of halogens is 2. The van der Waals surface area contributed by atoms with Crippen molar-refractivity contribution in [3.63, 3.8) is 0 Å². The number of nitrogens with two attached hydrogens (primary N) is 1. The maximum Gasteiger partial charge on any atom is 0.225 e. The van der Waals surface area contributed by atoms with Crippen molar-refractivity contribution in [2.75, 3.05) is 5.32 Å². The second kappa shape index (κ2) is 7.32. The molecule has 0 fully saturated rings. The van der Waals surface area contributed by atoms with E-state index >= 15 is 0 Å². The quantitative estimate of drug-likeness (QED) is 0.609. The topological polar surface area (TPSA) is 106 Å². The van der Waals surface area contributed by atoms with Gasteiger partial charge in [-0.1, -0.05) is 13.8 Å². The van der Waals surface area contributed by atoms with Crippen LogP contribution in [0.1, 0.15) is 26.0 Å². The van der Waals surface area contributed by atoms with Gasteiger partial charge in [0.2, 0.25) is 11.7 Å². The molecule has 0 spiro atoms. The van der Waals surface area contributed by atoms with E-state index in [1.54, 1.807) is 0 Å². The largest absolute Gasteiger partial charge is 0.382 e. The molecule has 0 aliphatic heterocycles. The predicted molar refractivity (Wildman–Crippen MR) is 86.9 cm³/mol. The molecule has 0 saturated carbocycles. The van der Waals surface area contributed by atoms with Gasteiger partial charge >= 0.3 is 0 Å². The first kappa shape index (κ1) is 17.1. The number of nitrogens with one attached hydrogen (secondary N) is 1. The Kier molecular flexibility index (Phi) is 5.43. The third-order valence-corrected chi connectivity index (χ3v) is 3.34. The van der Waals surface area contributed by atoms with Crippen molar-refractivity contribution >= 4 is 39.2 Å². The Morgan fingerprint density at radius 2 is 2.22 bits per heavy atom. The summed E-state index contributed by atoms with van der Waals surface area (Å²) in [7, 11) is 0. The maximum absolute atomic E-state index is 13.2. The second-order valence-electron chi connectivity index (χ2n) is 5.20. The molecular formula is C14H15BrFN5O2. The number of carbonyl (C=O) groups is 1. The Balaban J connectivity index is 2.21. The molecule has 0 radical (unpaired) electrons. The van der Waals surface area contributed by atoms with E-state index in [9.17, 15) is 9.18 Å². The number of amidine groups is 1. The Morgan fingerprint density at radius 3 is 2.87 bits per heavy atom. The molecule has 0 aliphatic carbocycles. The van der Waals surface area contributed by atoms with Gasteiger partial charge in [-0.15, -0.1) is 0 Å². The van der Waals surface area contributed by atoms with E-state index in [0.29, 0.717) is 12.1 Å². The van der Waals surface area contributed by atoms with Crippen LogP contribution in [0.25, 0.3) is 0 Å². The summed E-state index contributed by atoms with van der Waals surface area (Å²) in [5, 5.41) is 9.82. The van der Waals surface area contributed by atoms with Crippen LogP contribution in [0, 0.1) is 11.7 Å². The fraction of sp³-hybridized carbons (Fsp3) is 0.286. The minimum absolute atomic E-state index is 0.00962. The van der Waals surface area contributed by atoms with Gasteiger partial charge < -0.3 is 11.1 Å². The average molecular weight is 384 g/mol. The number of rotatable bonds is 5. The minimum atomic E-state index is -0.410. The lowest BCUT2D eigenvalue weighted by atomic mass is 10.1. The highest BCUT2D eigenvalue weighted by atomic mass is 79.9. The van der Waals surface area contributed by atoms with Crippen molar-refractivity contribution in [3.8, 4) is 0 Å². The zero-order chi connectivity index (χ0) is 17.0. The van der Waals surface area contributed by atoms with Crippen molar-refractivity contribution in [3.05, 3.63) is 34.2 Å². The Labute approximate surface area is 140 Å². The maximum atomic E-state index is 13.2. The highest BCUT2D eigenvalue weighted by Gasteiger charge is 2.17. The molecule has 1 heterocycles. The number of aromatic nitrogens is 2. The molecule has 9 heteroatoms. The van der Waals surface area contributed by atoms with Gasteiger partial charge in [-0.2, -0.15) is 0 Å². The summed E-state index contributed by atoms with van der Waals surface area (Å²) in [5.74, 6) is -0.356. The zero-order valence-electron chi connectivity index (χ0n) is 12.5. The van der Waals surface area contributed by atoms with Gasteiger partial charge in [-0.05, 0) is 50.4 Å². The summed E-state index contributed by atoms with van der Waals surface area (Å²) in [6.07, 6.45) is 0.328. The van der Waals surface area contributed by atoms with E-state index in [2.05, 4.69) is 41.2 Å². The van der Waals surface area contributed by atoms with E-state index in [0.717, 1.165) is 0 Å². The number of benzene rings is 1. The molecule has 2 aromatic rings. The summed E-state index contributed by atoms with van der Waals surface area (Å²) in [4.78, 5) is 15.9. The summed E-state index contributed by atoms with van der Waals surface area (Å²) in [5.41, 5.74) is 6.39. The van der Waals surface area contributed by atoms with E-state index in [4.69, 9.17) is 5.73 Å². The van der Waals surface area contributed by atoms with Crippen molar-refractivity contribution in [2.24, 2.45) is 16.6 Å². The lowest BCUT2D eigenvalue weighted by Gasteiger charge is -2.05. The predicted octanol–water partition coefficient (Wildman–Crippen LogP) is 2.99. The van der Waals surface area contributed by atoms with Crippen molar-refractivity contribution in [1.82, 2.24) is 10.3 Å². The lowest BCUT2D eigenvalue weighted by Crippen LogP contribution is -2.20. The highest BCUT2D eigenvalue weighted by molar-refractivity contribution is 9.10. The molecule has 2 rings (SSSR count). The van der Waals surface area contributed by atoms with E-state index in [1.807, 2.05) is 13.8 Å². The molecule has 0 bridgehead atoms. The van der Waals surface area contributed by atoms with Gasteiger partial charge in [0.25, 0.3) is 0 Å². The van der Waals surface area contributed by atoms with Crippen molar-refractivity contribution < 1.29 is 13.8 Å². The van der Waals surface area contributed by atoms with E-state index in [-0.39, 0.29) is 33.6 Å². The summed E-state index contributed by atoms with van der Waals surface area (Å²) in [6, 6.07) is 4.17. The molecule has 0 atom stereocenters. The van der Waals surface area contributed by atoms with Crippen LogP contribution >= 0.6 is 15.9 Å². The fourth-order valence-corrected chi connectivity index (χ4v) is 2.11. The summed E-state index contributed by atoms with van der Waals surface area (Å²) in [6.45, 7) is 3.84. The number of hydrogen-bond donors (Lipinski definition) is 2. The first-order valence-corrected chi connectivity index (χ1v) is 7.58. The van der Waals surface area contributed by atoms with Crippen LogP contribution in [0.3, 0.4) is 0 Å². The molecule has 23 heavy (non-hydrogen) atoms. The number of hydrogen-bond acceptors (Lipinski definition) is 5. The van der Waals surface area contributed by atoms with Gasteiger partial charge in [0.1, 0.15) is 5.82 Å². The first-order chi connectivity index (χ1) is 10.9. The third kappa shape index (κ3) is 4.59. The number of anilines is 1. The summed E-state index contributed by atoms with van der Waals surface area (Å²) >= 11 is 3.07. The zero-order valence-corrected chi connectivity index (χ0v) is 14.1. The lowest BCUT2D eigenvalue weighted by molar-refractivity contribution is -0.116. The van der Waals surface area contributed by atoms with Gasteiger partial charge in [-0.3, -0.25) is 4.79 Å². The smallest absolute Gasteiger partial charge is 0.225 e. The monoisotopic (exact) mass is 383 g/mol. The van der Waals surface area contributed by atoms with Crippen LogP contribution in [-0.2, 0) is 4.79 Å². The Hall–Kier alpha value is -2.29. The minimum Gasteiger partial charge on any atom is -0.382 e. The molecule has 1 amide bonds. The van der Waals surface area contributed by atoms with Crippen molar-refractivity contribution in [2.45, 2.75) is 20.3 Å². The standard InChI is InChI=1S/C14H15BrFN5O2/c1-7(2)5-11(22)19-14-12(20-23-21-14)13(17)18-8-3-4-10(16)9(15)6-8/h3-4,6-7H,5H2,1-2H3,(H2,17,18)(H,19,21,22). The second-order valence-corrected chi connectivity index (χ2v) is 6.06. The Bertz CT molecular complexity index is 745. The number of nitrogens with zero attached hydrogens (tertiary/aromatic N) is 3. The van der Waals surface area contributed by atoms with Crippen LogP contribution in [0.4, 0.5) is 15.9 Å². The van der Waals surface area contributed by atoms with E-state index < -0.39 is 5.82 Å². The van der Waals surface area contributed by atoms with Crippen molar-refractivity contribution in [1.29, 1.82) is 0 Å². The molecule has 1 aromatic heterocycles. The van der Waals surface area contributed by atoms with E-state index in [1.165, 1.54) is 18.2 Å². The molecule has 0 unspecified atom stereocenters.